The molecule has 2 N–H and O–H groups in total. The zero-order valence-corrected chi connectivity index (χ0v) is 13.1. The first-order valence-corrected chi connectivity index (χ1v) is 7.36. The predicted octanol–water partition coefficient (Wildman–Crippen LogP) is 3.33. The van der Waals surface area contributed by atoms with Crippen molar-refractivity contribution in [1.29, 1.82) is 0 Å². The smallest absolute Gasteiger partial charge is 0.365 e. The first-order valence-electron chi connectivity index (χ1n) is 7.36. The number of ether oxygens (including phenoxy) is 1. The summed E-state index contributed by atoms with van der Waals surface area (Å²) in [6.07, 6.45) is 0. The van der Waals surface area contributed by atoms with E-state index < -0.39 is 5.97 Å². The van der Waals surface area contributed by atoms with Gasteiger partial charge in [0.15, 0.2) is 5.84 Å². The van der Waals surface area contributed by atoms with Crippen LogP contribution >= 0.6 is 0 Å². The molecule has 120 valence electrons. The molecule has 24 heavy (non-hydrogen) atoms. The molecule has 0 aliphatic heterocycles. The highest BCUT2D eigenvalue weighted by molar-refractivity contribution is 6.09. The Morgan fingerprint density at radius 1 is 1.00 bits per heavy atom. The Bertz CT molecular complexity index is 914. The number of oxime groups is 1. The average molecular weight is 320 g/mol. The van der Waals surface area contributed by atoms with Gasteiger partial charge >= 0.3 is 5.97 Å². The Morgan fingerprint density at radius 3 is 2.58 bits per heavy atom. The van der Waals surface area contributed by atoms with Crippen LogP contribution in [0, 0.1) is 0 Å². The van der Waals surface area contributed by atoms with E-state index in [1.54, 1.807) is 24.3 Å². The second kappa shape index (κ2) is 6.83. The summed E-state index contributed by atoms with van der Waals surface area (Å²) >= 11 is 0. The molecule has 0 saturated heterocycles. The van der Waals surface area contributed by atoms with Gasteiger partial charge in [-0.15, -0.1) is 0 Å². The Kier molecular flexibility index (Phi) is 4.43. The summed E-state index contributed by atoms with van der Waals surface area (Å²) in [4.78, 5) is 17.0. The van der Waals surface area contributed by atoms with Crippen LogP contribution in [0.25, 0.3) is 10.8 Å². The van der Waals surface area contributed by atoms with Crippen molar-refractivity contribution in [2.75, 3.05) is 7.11 Å². The molecule has 5 heteroatoms. The number of nitrogens with zero attached hydrogens (tertiary/aromatic N) is 1. The molecule has 0 aliphatic rings. The molecule has 3 aromatic rings. The van der Waals surface area contributed by atoms with Crippen LogP contribution in [0.15, 0.2) is 71.9 Å². The van der Waals surface area contributed by atoms with Crippen molar-refractivity contribution in [2.45, 2.75) is 0 Å². The fraction of sp³-hybridized carbons (Fsp3) is 0.0526. The summed E-state index contributed by atoms with van der Waals surface area (Å²) in [5, 5.41) is 5.76. The second-order valence-corrected chi connectivity index (χ2v) is 5.11. The lowest BCUT2D eigenvalue weighted by molar-refractivity contribution is 0.0515. The van der Waals surface area contributed by atoms with Crippen molar-refractivity contribution in [3.8, 4) is 5.75 Å². The van der Waals surface area contributed by atoms with E-state index >= 15 is 0 Å². The predicted molar refractivity (Wildman–Crippen MR) is 93.1 cm³/mol. The maximum atomic E-state index is 12.1. The maximum absolute atomic E-state index is 12.1. The van der Waals surface area contributed by atoms with E-state index in [0.29, 0.717) is 16.9 Å². The largest absolute Gasteiger partial charge is 0.497 e. The number of hydrogen-bond acceptors (Lipinski definition) is 4. The molecule has 0 bridgehead atoms. The zero-order chi connectivity index (χ0) is 16.9. The van der Waals surface area contributed by atoms with Crippen molar-refractivity contribution >= 4 is 22.6 Å². The van der Waals surface area contributed by atoms with Crippen LogP contribution < -0.4 is 10.5 Å². The lowest BCUT2D eigenvalue weighted by atomic mass is 10.0. The molecule has 0 unspecified atom stereocenters. The molecule has 0 atom stereocenters. The molecule has 0 radical (unpaired) electrons. The number of carbonyl (C=O) groups is 1. The summed E-state index contributed by atoms with van der Waals surface area (Å²) in [6, 6.07) is 20.1. The maximum Gasteiger partial charge on any atom is 0.365 e. The number of hydrogen-bond donors (Lipinski definition) is 1. The molecule has 0 heterocycles. The molecule has 5 nitrogen and oxygen atoms in total. The normalized spacial score (nSPS) is 11.3. The quantitative estimate of drug-likeness (QED) is 0.346. The Morgan fingerprint density at radius 2 is 1.75 bits per heavy atom. The van der Waals surface area contributed by atoms with Gasteiger partial charge in [0, 0.05) is 5.56 Å². The summed E-state index contributed by atoms with van der Waals surface area (Å²) in [6.45, 7) is 0. The zero-order valence-electron chi connectivity index (χ0n) is 13.1. The van der Waals surface area contributed by atoms with Crippen LogP contribution in [0.2, 0.25) is 0 Å². The Balaban J connectivity index is 1.84. The van der Waals surface area contributed by atoms with Gasteiger partial charge in [-0.05, 0) is 29.0 Å². The number of fused-ring (bicyclic) bond motifs is 1. The number of rotatable bonds is 4. The Hall–Kier alpha value is -3.34. The summed E-state index contributed by atoms with van der Waals surface area (Å²) < 4.78 is 5.08. The van der Waals surface area contributed by atoms with Gasteiger partial charge < -0.3 is 15.3 Å². The van der Waals surface area contributed by atoms with Gasteiger partial charge in [-0.25, -0.2) is 4.79 Å². The fourth-order valence-corrected chi connectivity index (χ4v) is 2.39. The number of carbonyl (C=O) groups excluding carboxylic acids is 1. The lowest BCUT2D eigenvalue weighted by Gasteiger charge is -2.06. The molecule has 0 aromatic heterocycles. The third-order valence-electron chi connectivity index (χ3n) is 3.60. The molecule has 3 rings (SSSR count). The molecular weight excluding hydrogens is 304 g/mol. The first kappa shape index (κ1) is 15.6. The Labute approximate surface area is 139 Å². The van der Waals surface area contributed by atoms with Gasteiger partial charge in [-0.3, -0.25) is 0 Å². The number of benzene rings is 3. The third kappa shape index (κ3) is 3.20. The summed E-state index contributed by atoms with van der Waals surface area (Å²) in [5.74, 6) is 0.107. The van der Waals surface area contributed by atoms with Gasteiger partial charge in [0.2, 0.25) is 0 Å². The first-order chi connectivity index (χ1) is 11.7. The molecule has 0 aliphatic carbocycles. The highest BCUT2D eigenvalue weighted by atomic mass is 16.7. The second-order valence-electron chi connectivity index (χ2n) is 5.11. The van der Waals surface area contributed by atoms with E-state index in [9.17, 15) is 4.79 Å². The summed E-state index contributed by atoms with van der Waals surface area (Å²) in [7, 11) is 1.53. The molecule has 0 spiro atoms. The molecule has 3 aromatic carbocycles. The van der Waals surface area contributed by atoms with Gasteiger partial charge in [0.25, 0.3) is 0 Å². The minimum Gasteiger partial charge on any atom is -0.497 e. The van der Waals surface area contributed by atoms with Crippen molar-refractivity contribution in [3.63, 3.8) is 0 Å². The van der Waals surface area contributed by atoms with Crippen LogP contribution in [0.4, 0.5) is 0 Å². The monoisotopic (exact) mass is 320 g/mol. The van der Waals surface area contributed by atoms with E-state index in [1.165, 1.54) is 7.11 Å². The van der Waals surface area contributed by atoms with Gasteiger partial charge in [0.1, 0.15) is 5.75 Å². The van der Waals surface area contributed by atoms with Gasteiger partial charge in [-0.1, -0.05) is 53.7 Å². The number of methoxy groups -OCH3 is 1. The average Bonchev–Trinajstić information content (AvgIpc) is 2.65. The summed E-state index contributed by atoms with van der Waals surface area (Å²) in [5.41, 5.74) is 7.04. The SMILES string of the molecule is COc1cccc(C(=O)O/N=C(\N)c2cccc3ccccc23)c1. The van der Waals surface area contributed by atoms with E-state index in [2.05, 4.69) is 5.16 Å². The topological polar surface area (TPSA) is 73.9 Å². The fourth-order valence-electron chi connectivity index (χ4n) is 2.39. The van der Waals surface area contributed by atoms with Crippen LogP contribution in [-0.4, -0.2) is 18.9 Å². The minimum absolute atomic E-state index is 0.142. The number of nitrogens with two attached hydrogens (primary N) is 1. The standard InChI is InChI=1S/C19H16N2O3/c1-23-15-9-4-8-14(12-15)19(22)24-21-18(20)17-11-5-7-13-6-2-3-10-16(13)17/h2-12H,1H3,(H2,20,21). The van der Waals surface area contributed by atoms with Crippen LogP contribution in [-0.2, 0) is 4.84 Å². The highest BCUT2D eigenvalue weighted by Gasteiger charge is 2.10. The number of amidine groups is 1. The van der Waals surface area contributed by atoms with Crippen LogP contribution in [0.1, 0.15) is 15.9 Å². The van der Waals surface area contributed by atoms with E-state index in [1.807, 2.05) is 42.5 Å². The van der Waals surface area contributed by atoms with Crippen LogP contribution in [0.5, 0.6) is 5.75 Å². The van der Waals surface area contributed by atoms with Crippen LogP contribution in [0.3, 0.4) is 0 Å². The van der Waals surface area contributed by atoms with Crippen molar-refractivity contribution in [3.05, 3.63) is 77.9 Å². The lowest BCUT2D eigenvalue weighted by Crippen LogP contribution is -2.15. The minimum atomic E-state index is -0.600. The van der Waals surface area contributed by atoms with Crippen molar-refractivity contribution < 1.29 is 14.4 Å². The molecule has 0 amide bonds. The van der Waals surface area contributed by atoms with Gasteiger partial charge in [0.05, 0.1) is 12.7 Å². The third-order valence-corrected chi connectivity index (χ3v) is 3.60. The van der Waals surface area contributed by atoms with E-state index in [4.69, 9.17) is 15.3 Å². The highest BCUT2D eigenvalue weighted by Crippen LogP contribution is 2.18. The molecule has 0 fully saturated rings. The molecular formula is C19H16N2O3. The molecule has 0 saturated carbocycles. The van der Waals surface area contributed by atoms with Gasteiger partial charge in [-0.2, -0.15) is 0 Å². The van der Waals surface area contributed by atoms with E-state index in [0.717, 1.165) is 10.8 Å². The van der Waals surface area contributed by atoms with E-state index in [-0.39, 0.29) is 5.84 Å². The van der Waals surface area contributed by atoms with Crippen molar-refractivity contribution in [1.82, 2.24) is 0 Å². The van der Waals surface area contributed by atoms with Crippen molar-refractivity contribution in [2.24, 2.45) is 10.9 Å².